The molecule has 6 aromatic rings. The van der Waals surface area contributed by atoms with Gasteiger partial charge in [-0.05, 0) is 98.7 Å². The second-order valence-corrected chi connectivity index (χ2v) is 18.2. The first kappa shape index (κ1) is 46.2. The van der Waals surface area contributed by atoms with Gasteiger partial charge in [-0.3, -0.25) is 29.0 Å². The quantitative estimate of drug-likeness (QED) is 0.110. The van der Waals surface area contributed by atoms with Gasteiger partial charge >= 0.3 is 0 Å². The highest BCUT2D eigenvalue weighted by atomic mass is 16.3. The van der Waals surface area contributed by atoms with E-state index in [0.29, 0.717) is 35.6 Å². The molecule has 68 heavy (non-hydrogen) atoms. The van der Waals surface area contributed by atoms with Crippen LogP contribution in [0.4, 0.5) is 11.4 Å². The van der Waals surface area contributed by atoms with Crippen LogP contribution in [0.15, 0.2) is 155 Å². The minimum atomic E-state index is -0.463. The zero-order chi connectivity index (χ0) is 47.6. The van der Waals surface area contributed by atoms with Gasteiger partial charge in [0.2, 0.25) is 11.8 Å². The first-order valence-electron chi connectivity index (χ1n) is 23.4. The molecule has 4 bridgehead atoms. The number of aliphatic hydroxyl groups is 2. The van der Waals surface area contributed by atoms with Crippen LogP contribution in [0.1, 0.15) is 48.4 Å². The van der Waals surface area contributed by atoms with E-state index in [9.17, 15) is 29.4 Å². The van der Waals surface area contributed by atoms with Gasteiger partial charge in [-0.2, -0.15) is 0 Å². The van der Waals surface area contributed by atoms with Crippen molar-refractivity contribution < 1.29 is 19.8 Å². The maximum absolute atomic E-state index is 13.5. The van der Waals surface area contributed by atoms with E-state index in [0.717, 1.165) is 33.6 Å². The molecular weight excluding hydrogens is 853 g/mol. The number of likely N-dealkylation sites (N-methyl/N-ethyl adjacent to an activating group) is 2. The lowest BCUT2D eigenvalue weighted by Gasteiger charge is -2.35. The molecule has 4 aliphatic heterocycles. The maximum Gasteiger partial charge on any atom is 0.258 e. The van der Waals surface area contributed by atoms with E-state index >= 15 is 0 Å². The number of fused-ring (bicyclic) bond motifs is 8. The van der Waals surface area contributed by atoms with E-state index < -0.39 is 11.8 Å². The summed E-state index contributed by atoms with van der Waals surface area (Å²) in [7, 11) is 3.96. The fraction of sp³-hybridized carbons (Fsp3) is 0.286. The predicted molar refractivity (Wildman–Crippen MR) is 269 cm³/mol. The molecule has 12 heteroatoms. The summed E-state index contributed by atoms with van der Waals surface area (Å²) in [5, 5.41) is 26.6. The number of allylic oxidation sites excluding steroid dienone is 2. The number of hydrogen-bond acceptors (Lipinski definition) is 8. The topological polar surface area (TPSA) is 149 Å². The van der Waals surface area contributed by atoms with Crippen molar-refractivity contribution in [3.05, 3.63) is 189 Å². The minimum Gasteiger partial charge on any atom is -0.396 e. The standard InChI is InChI=1S/2C28H29N3O3/c2*1-3-7-20-12-15-23-26-25(22(17-32)24(30(26)2)16-31(23)28(20)34)27(33)29-21-13-10-19(11-14-21)18-8-5-4-6-9-18/h2*3-15,22,24-26,32H,16-17H2,1-2H3,(H,29,33)/b7-3+;7-3-/t2*22-,24-,25+,26+/m11/s1. The van der Waals surface area contributed by atoms with Gasteiger partial charge in [0.05, 0.1) is 23.9 Å². The van der Waals surface area contributed by atoms with Gasteiger partial charge in [-0.1, -0.05) is 109 Å². The number of hydrogen-bond donors (Lipinski definition) is 4. The van der Waals surface area contributed by atoms with E-state index in [1.165, 1.54) is 0 Å². The second kappa shape index (κ2) is 19.7. The molecule has 348 valence electrons. The van der Waals surface area contributed by atoms with E-state index in [4.69, 9.17) is 0 Å². The summed E-state index contributed by atoms with van der Waals surface area (Å²) < 4.78 is 3.57. The van der Waals surface area contributed by atoms with Gasteiger partial charge in [-0.25, -0.2) is 0 Å². The van der Waals surface area contributed by atoms with Crippen LogP contribution in [0.3, 0.4) is 0 Å². The Bertz CT molecular complexity index is 2760. The number of nitrogens with one attached hydrogen (secondary N) is 2. The Morgan fingerprint density at radius 3 is 1.22 bits per heavy atom. The lowest BCUT2D eigenvalue weighted by atomic mass is 9.86. The molecule has 0 radical (unpaired) electrons. The van der Waals surface area contributed by atoms with Crippen molar-refractivity contribution >= 4 is 35.3 Å². The summed E-state index contributed by atoms with van der Waals surface area (Å²) in [6, 6.07) is 42.6. The van der Waals surface area contributed by atoms with Gasteiger partial charge in [0.15, 0.2) is 0 Å². The first-order chi connectivity index (χ1) is 33.1. The fourth-order valence-corrected chi connectivity index (χ4v) is 11.2. The first-order valence-corrected chi connectivity index (χ1v) is 23.4. The molecule has 12 nitrogen and oxygen atoms in total. The number of aliphatic hydroxyl groups excluding tert-OH is 2. The molecule has 0 aliphatic carbocycles. The summed E-state index contributed by atoms with van der Waals surface area (Å²) in [6.07, 6.45) is 7.32. The highest BCUT2D eigenvalue weighted by molar-refractivity contribution is 5.95. The van der Waals surface area contributed by atoms with Crippen LogP contribution in [0, 0.1) is 23.7 Å². The van der Waals surface area contributed by atoms with Gasteiger partial charge in [0.1, 0.15) is 0 Å². The average molecular weight is 911 g/mol. The van der Waals surface area contributed by atoms with Crippen molar-refractivity contribution in [1.82, 2.24) is 18.9 Å². The Labute approximate surface area is 396 Å². The monoisotopic (exact) mass is 910 g/mol. The number of aromatic nitrogens is 2. The molecule has 2 fully saturated rings. The summed E-state index contributed by atoms with van der Waals surface area (Å²) in [6.45, 7) is 4.48. The summed E-state index contributed by atoms with van der Waals surface area (Å²) in [4.78, 5) is 57.5. The molecule has 6 heterocycles. The molecule has 2 amide bonds. The molecule has 2 aromatic heterocycles. The van der Waals surface area contributed by atoms with Crippen LogP contribution in [-0.2, 0) is 22.7 Å². The SMILES string of the molecule is C/C=C/c1ccc2n(c1=O)C[C@@H]1[C@@H](CO)[C@H](C(=O)Nc3ccc(-c4ccccc4)cc3)[C@H]2N1C.C/C=C\c1ccc2n(c1=O)C[C@@H]1[C@@H](CO)[C@H](C(=O)Nc3ccc(-c4ccccc4)cc3)[C@H]2N1C. The van der Waals surface area contributed by atoms with Crippen molar-refractivity contribution in [3.63, 3.8) is 0 Å². The molecule has 0 saturated carbocycles. The molecule has 0 spiro atoms. The Kier molecular flexibility index (Phi) is 13.4. The average Bonchev–Trinajstić information content (AvgIpc) is 3.65. The summed E-state index contributed by atoms with van der Waals surface area (Å²) in [5.41, 5.74) is 8.64. The molecule has 0 unspecified atom stereocenters. The molecule has 4 N–H and O–H groups in total. The van der Waals surface area contributed by atoms with Crippen LogP contribution in [0.5, 0.6) is 0 Å². The second-order valence-electron chi connectivity index (χ2n) is 18.2. The van der Waals surface area contributed by atoms with Crippen LogP contribution in [-0.4, -0.2) is 80.4 Å². The molecular formula is C56H58N6O6. The number of rotatable bonds is 10. The highest BCUT2D eigenvalue weighted by Crippen LogP contribution is 2.49. The normalized spacial score (nSPS) is 23.7. The Morgan fingerprint density at radius 2 is 0.882 bits per heavy atom. The maximum atomic E-state index is 13.5. The van der Waals surface area contributed by atoms with E-state index in [1.807, 2.05) is 161 Å². The van der Waals surface area contributed by atoms with E-state index in [1.54, 1.807) is 9.13 Å². The molecule has 8 atom stereocenters. The largest absolute Gasteiger partial charge is 0.396 e. The lowest BCUT2D eigenvalue weighted by Crippen LogP contribution is -2.44. The molecule has 4 aliphatic rings. The lowest BCUT2D eigenvalue weighted by molar-refractivity contribution is -0.123. The number of benzene rings is 4. The van der Waals surface area contributed by atoms with Crippen molar-refractivity contribution in [3.8, 4) is 22.3 Å². The van der Waals surface area contributed by atoms with Crippen LogP contribution >= 0.6 is 0 Å². The Hall–Kier alpha value is -6.96. The third kappa shape index (κ3) is 8.49. The smallest absolute Gasteiger partial charge is 0.258 e. The number of nitrogens with zero attached hydrogens (tertiary/aromatic N) is 4. The third-order valence-corrected chi connectivity index (χ3v) is 14.6. The van der Waals surface area contributed by atoms with Gasteiger partial charge in [0, 0.05) is 84.1 Å². The van der Waals surface area contributed by atoms with Crippen molar-refractivity contribution in [2.75, 3.05) is 37.9 Å². The minimum absolute atomic E-state index is 0.0482. The number of carbonyl (C=O) groups excluding carboxylic acids is 2. The van der Waals surface area contributed by atoms with Crippen molar-refractivity contribution in [2.45, 2.75) is 51.1 Å². The highest BCUT2D eigenvalue weighted by Gasteiger charge is 2.55. The van der Waals surface area contributed by atoms with Crippen LogP contribution in [0.2, 0.25) is 0 Å². The number of anilines is 2. The molecule has 2 saturated heterocycles. The van der Waals surface area contributed by atoms with Crippen molar-refractivity contribution in [2.24, 2.45) is 23.7 Å². The molecule has 10 rings (SSSR count). The van der Waals surface area contributed by atoms with Gasteiger partial charge in [0.25, 0.3) is 11.1 Å². The summed E-state index contributed by atoms with van der Waals surface area (Å²) >= 11 is 0. The van der Waals surface area contributed by atoms with E-state index in [2.05, 4.69) is 44.7 Å². The predicted octanol–water partition coefficient (Wildman–Crippen LogP) is 7.56. The number of carbonyl (C=O) groups is 2. The zero-order valence-corrected chi connectivity index (χ0v) is 38.8. The van der Waals surface area contributed by atoms with Crippen LogP contribution in [0.25, 0.3) is 34.4 Å². The number of amides is 2. The Balaban J connectivity index is 0.000000170. The van der Waals surface area contributed by atoms with Gasteiger partial charge in [-0.15, -0.1) is 0 Å². The molecule has 4 aromatic carbocycles. The Morgan fingerprint density at radius 1 is 0.529 bits per heavy atom. The van der Waals surface area contributed by atoms with Gasteiger partial charge < -0.3 is 30.0 Å². The summed E-state index contributed by atoms with van der Waals surface area (Å²) in [5.74, 6) is -1.72. The van der Waals surface area contributed by atoms with Crippen LogP contribution < -0.4 is 21.8 Å². The fourth-order valence-electron chi connectivity index (χ4n) is 11.2. The number of pyridine rings is 2. The van der Waals surface area contributed by atoms with E-state index in [-0.39, 0.29) is 72.1 Å². The van der Waals surface area contributed by atoms with Crippen molar-refractivity contribution in [1.29, 1.82) is 0 Å². The third-order valence-electron chi connectivity index (χ3n) is 14.6. The zero-order valence-electron chi connectivity index (χ0n) is 38.8.